The molecule has 0 saturated carbocycles. The molecule has 3 heteroatoms. The standard InChI is InChI=1S/C16H28N2O/c1-11-7-8-12(16(2,3)4)9-13(11)15(18(5)6)14(19)10-17/h7-9,14-15,19H,10,17H2,1-6H3. The second-order valence-electron chi connectivity index (χ2n) is 6.53. The Morgan fingerprint density at radius 1 is 1.26 bits per heavy atom. The average molecular weight is 264 g/mol. The van der Waals surface area contributed by atoms with Crippen LogP contribution < -0.4 is 5.73 Å². The van der Waals surface area contributed by atoms with Crippen LogP contribution >= 0.6 is 0 Å². The van der Waals surface area contributed by atoms with Crippen LogP contribution in [0.3, 0.4) is 0 Å². The van der Waals surface area contributed by atoms with E-state index >= 15 is 0 Å². The van der Waals surface area contributed by atoms with E-state index in [0.29, 0.717) is 0 Å². The number of aliphatic hydroxyl groups is 1. The highest BCUT2D eigenvalue weighted by atomic mass is 16.3. The molecule has 0 amide bonds. The van der Waals surface area contributed by atoms with E-state index in [2.05, 4.69) is 45.9 Å². The van der Waals surface area contributed by atoms with Crippen LogP contribution in [0, 0.1) is 6.92 Å². The van der Waals surface area contributed by atoms with Gasteiger partial charge in [-0.25, -0.2) is 0 Å². The van der Waals surface area contributed by atoms with Crippen LogP contribution in [0.4, 0.5) is 0 Å². The molecular weight excluding hydrogens is 236 g/mol. The first-order chi connectivity index (χ1) is 8.68. The minimum atomic E-state index is -0.552. The van der Waals surface area contributed by atoms with E-state index in [-0.39, 0.29) is 18.0 Å². The molecule has 0 fully saturated rings. The van der Waals surface area contributed by atoms with Crippen molar-refractivity contribution in [1.29, 1.82) is 0 Å². The Labute approximate surface area is 117 Å². The summed E-state index contributed by atoms with van der Waals surface area (Å²) >= 11 is 0. The maximum atomic E-state index is 10.2. The summed E-state index contributed by atoms with van der Waals surface area (Å²) in [6.45, 7) is 8.95. The number of aryl methyl sites for hydroxylation is 1. The largest absolute Gasteiger partial charge is 0.390 e. The zero-order valence-corrected chi connectivity index (χ0v) is 13.1. The number of hydrogen-bond donors (Lipinski definition) is 2. The van der Waals surface area contributed by atoms with Gasteiger partial charge < -0.3 is 15.7 Å². The van der Waals surface area contributed by atoms with Gasteiger partial charge >= 0.3 is 0 Å². The highest BCUT2D eigenvalue weighted by molar-refractivity contribution is 5.37. The van der Waals surface area contributed by atoms with Crippen molar-refractivity contribution in [2.45, 2.75) is 45.3 Å². The van der Waals surface area contributed by atoms with Crippen LogP contribution in [0.5, 0.6) is 0 Å². The van der Waals surface area contributed by atoms with Crippen LogP contribution in [0.2, 0.25) is 0 Å². The van der Waals surface area contributed by atoms with E-state index in [1.165, 1.54) is 11.1 Å². The fourth-order valence-electron chi connectivity index (χ4n) is 2.38. The molecule has 19 heavy (non-hydrogen) atoms. The molecule has 1 aromatic rings. The van der Waals surface area contributed by atoms with E-state index in [1.807, 2.05) is 19.0 Å². The van der Waals surface area contributed by atoms with Gasteiger partial charge in [0.1, 0.15) is 0 Å². The van der Waals surface area contributed by atoms with Crippen LogP contribution in [-0.4, -0.2) is 36.8 Å². The fraction of sp³-hybridized carbons (Fsp3) is 0.625. The Morgan fingerprint density at radius 3 is 2.26 bits per heavy atom. The van der Waals surface area contributed by atoms with Gasteiger partial charge in [0.25, 0.3) is 0 Å². The molecule has 0 bridgehead atoms. The Bertz CT molecular complexity index is 421. The number of nitrogens with zero attached hydrogens (tertiary/aromatic N) is 1. The van der Waals surface area contributed by atoms with Crippen LogP contribution in [0.25, 0.3) is 0 Å². The molecular formula is C16H28N2O. The molecule has 0 aliphatic carbocycles. The first kappa shape index (κ1) is 16.2. The zero-order valence-electron chi connectivity index (χ0n) is 13.1. The Balaban J connectivity index is 3.30. The van der Waals surface area contributed by atoms with Gasteiger partial charge in [-0.05, 0) is 43.1 Å². The molecule has 0 spiro atoms. The zero-order chi connectivity index (χ0) is 14.8. The maximum absolute atomic E-state index is 10.2. The molecule has 0 aliphatic rings. The van der Waals surface area contributed by atoms with Gasteiger partial charge in [0.05, 0.1) is 12.1 Å². The van der Waals surface area contributed by atoms with Gasteiger partial charge in [-0.1, -0.05) is 39.0 Å². The highest BCUT2D eigenvalue weighted by Crippen LogP contribution is 2.30. The SMILES string of the molecule is Cc1ccc(C(C)(C)C)cc1C(C(O)CN)N(C)C. The molecule has 0 saturated heterocycles. The molecule has 0 radical (unpaired) electrons. The minimum absolute atomic E-state index is 0.0627. The minimum Gasteiger partial charge on any atom is -0.390 e. The quantitative estimate of drug-likeness (QED) is 0.876. The summed E-state index contributed by atoms with van der Waals surface area (Å²) in [5.41, 5.74) is 9.39. The number of hydrogen-bond acceptors (Lipinski definition) is 3. The van der Waals surface area contributed by atoms with Crippen LogP contribution in [0.1, 0.15) is 43.5 Å². The topological polar surface area (TPSA) is 49.5 Å². The van der Waals surface area contributed by atoms with Crippen molar-refractivity contribution in [3.05, 3.63) is 34.9 Å². The molecule has 3 nitrogen and oxygen atoms in total. The van der Waals surface area contributed by atoms with Crippen molar-refractivity contribution >= 4 is 0 Å². The van der Waals surface area contributed by atoms with E-state index in [0.717, 1.165) is 5.56 Å². The molecule has 2 unspecified atom stereocenters. The second-order valence-corrected chi connectivity index (χ2v) is 6.53. The van der Waals surface area contributed by atoms with Gasteiger partial charge in [-0.15, -0.1) is 0 Å². The van der Waals surface area contributed by atoms with E-state index < -0.39 is 6.10 Å². The first-order valence-electron chi connectivity index (χ1n) is 6.84. The number of likely N-dealkylation sites (N-methyl/N-ethyl adjacent to an activating group) is 1. The highest BCUT2D eigenvalue weighted by Gasteiger charge is 2.25. The van der Waals surface area contributed by atoms with E-state index in [4.69, 9.17) is 5.73 Å². The lowest BCUT2D eigenvalue weighted by molar-refractivity contribution is 0.0819. The third kappa shape index (κ3) is 3.78. The summed E-state index contributed by atoms with van der Waals surface area (Å²) in [6, 6.07) is 6.45. The Hall–Kier alpha value is -0.900. The summed E-state index contributed by atoms with van der Waals surface area (Å²) in [4.78, 5) is 2.03. The van der Waals surface area contributed by atoms with Crippen molar-refractivity contribution in [2.24, 2.45) is 5.73 Å². The van der Waals surface area contributed by atoms with Gasteiger partial charge in [0.2, 0.25) is 0 Å². The number of benzene rings is 1. The summed E-state index contributed by atoms with van der Waals surface area (Å²) < 4.78 is 0. The predicted octanol–water partition coefficient (Wildman–Crippen LogP) is 2.21. The number of nitrogens with two attached hydrogens (primary N) is 1. The third-order valence-electron chi connectivity index (χ3n) is 3.63. The smallest absolute Gasteiger partial charge is 0.0858 e. The molecule has 1 rings (SSSR count). The molecule has 0 heterocycles. The summed E-state index contributed by atoms with van der Waals surface area (Å²) in [5, 5.41) is 10.2. The van der Waals surface area contributed by atoms with Gasteiger partial charge in [-0.2, -0.15) is 0 Å². The van der Waals surface area contributed by atoms with Crippen molar-refractivity contribution in [3.8, 4) is 0 Å². The average Bonchev–Trinajstić information content (AvgIpc) is 2.29. The lowest BCUT2D eigenvalue weighted by Gasteiger charge is -2.31. The number of rotatable bonds is 4. The van der Waals surface area contributed by atoms with Gasteiger partial charge in [0.15, 0.2) is 0 Å². The lowest BCUT2D eigenvalue weighted by Crippen LogP contribution is -2.36. The lowest BCUT2D eigenvalue weighted by atomic mass is 9.83. The van der Waals surface area contributed by atoms with E-state index in [1.54, 1.807) is 0 Å². The molecule has 108 valence electrons. The monoisotopic (exact) mass is 264 g/mol. The second kappa shape index (κ2) is 6.04. The molecule has 0 aromatic heterocycles. The summed E-state index contributed by atoms with van der Waals surface area (Å²) in [7, 11) is 3.96. The van der Waals surface area contributed by atoms with Crippen LogP contribution in [0.15, 0.2) is 18.2 Å². The fourth-order valence-corrected chi connectivity index (χ4v) is 2.38. The normalized spacial score (nSPS) is 15.6. The summed E-state index contributed by atoms with van der Waals surface area (Å²) in [5.74, 6) is 0. The van der Waals surface area contributed by atoms with Crippen molar-refractivity contribution in [1.82, 2.24) is 4.90 Å². The Kier molecular flexibility index (Phi) is 5.13. The Morgan fingerprint density at radius 2 is 1.84 bits per heavy atom. The van der Waals surface area contributed by atoms with Gasteiger partial charge in [-0.3, -0.25) is 0 Å². The first-order valence-corrected chi connectivity index (χ1v) is 6.84. The third-order valence-corrected chi connectivity index (χ3v) is 3.63. The van der Waals surface area contributed by atoms with Crippen molar-refractivity contribution in [3.63, 3.8) is 0 Å². The molecule has 0 aliphatic heterocycles. The summed E-state index contributed by atoms with van der Waals surface area (Å²) in [6.07, 6.45) is -0.552. The predicted molar refractivity (Wildman–Crippen MR) is 81.4 cm³/mol. The molecule has 2 atom stereocenters. The van der Waals surface area contributed by atoms with Crippen molar-refractivity contribution in [2.75, 3.05) is 20.6 Å². The van der Waals surface area contributed by atoms with E-state index in [9.17, 15) is 5.11 Å². The van der Waals surface area contributed by atoms with Crippen molar-refractivity contribution < 1.29 is 5.11 Å². The molecule has 1 aromatic carbocycles. The molecule has 3 N–H and O–H groups in total. The van der Waals surface area contributed by atoms with Gasteiger partial charge in [0, 0.05) is 6.54 Å². The number of aliphatic hydroxyl groups excluding tert-OH is 1. The van der Waals surface area contributed by atoms with Crippen LogP contribution in [-0.2, 0) is 5.41 Å². The maximum Gasteiger partial charge on any atom is 0.0858 e.